The van der Waals surface area contributed by atoms with Crippen molar-refractivity contribution in [2.24, 2.45) is 11.8 Å². The third-order valence-electron chi connectivity index (χ3n) is 5.27. The van der Waals surface area contributed by atoms with E-state index in [1.807, 2.05) is 0 Å². The number of carboxylic acid groups (broad SMARTS) is 1. The van der Waals surface area contributed by atoms with Crippen LogP contribution in [0.1, 0.15) is 30.9 Å². The molecule has 0 aromatic heterocycles. The molecule has 2 saturated heterocycles. The van der Waals surface area contributed by atoms with Gasteiger partial charge in [-0.25, -0.2) is 4.39 Å². The molecule has 0 bridgehead atoms. The van der Waals surface area contributed by atoms with Crippen LogP contribution in [-0.2, 0) is 14.4 Å². The van der Waals surface area contributed by atoms with Gasteiger partial charge in [0.2, 0.25) is 11.8 Å². The second-order valence-electron chi connectivity index (χ2n) is 6.75. The fourth-order valence-electron chi connectivity index (χ4n) is 3.79. The molecule has 0 spiro atoms. The Morgan fingerprint density at radius 1 is 1.16 bits per heavy atom. The summed E-state index contributed by atoms with van der Waals surface area (Å²) in [5.74, 6) is -2.38. The first-order valence-electron chi connectivity index (χ1n) is 8.41. The average molecular weight is 348 g/mol. The van der Waals surface area contributed by atoms with E-state index in [-0.39, 0.29) is 24.1 Å². The van der Waals surface area contributed by atoms with E-state index in [9.17, 15) is 18.8 Å². The summed E-state index contributed by atoms with van der Waals surface area (Å²) in [6.07, 6.45) is 0.980. The molecule has 2 atom stereocenters. The summed E-state index contributed by atoms with van der Waals surface area (Å²) in [6.45, 7) is 0.778. The highest BCUT2D eigenvalue weighted by Gasteiger charge is 2.44. The van der Waals surface area contributed by atoms with E-state index in [0.717, 1.165) is 5.56 Å². The van der Waals surface area contributed by atoms with E-state index in [1.54, 1.807) is 29.0 Å². The molecule has 0 unspecified atom stereocenters. The quantitative estimate of drug-likeness (QED) is 0.901. The van der Waals surface area contributed by atoms with Gasteiger partial charge >= 0.3 is 5.97 Å². The molecular weight excluding hydrogens is 327 g/mol. The monoisotopic (exact) mass is 348 g/mol. The topological polar surface area (TPSA) is 77.9 Å². The van der Waals surface area contributed by atoms with Crippen molar-refractivity contribution in [2.45, 2.75) is 25.3 Å². The Labute approximate surface area is 145 Å². The Bertz CT molecular complexity index is 683. The molecule has 0 radical (unpaired) electrons. The highest BCUT2D eigenvalue weighted by molar-refractivity contribution is 5.90. The Morgan fingerprint density at radius 3 is 2.32 bits per heavy atom. The van der Waals surface area contributed by atoms with E-state index in [0.29, 0.717) is 25.9 Å². The SMILES string of the molecule is CN1C(=O)C[C@@H](C(=O)N2CCC(C(=O)O)CC2)[C@@H]1c1ccc(F)cc1. The van der Waals surface area contributed by atoms with Crippen molar-refractivity contribution >= 4 is 17.8 Å². The maximum absolute atomic E-state index is 13.2. The number of piperidine rings is 1. The van der Waals surface area contributed by atoms with Crippen LogP contribution in [0.4, 0.5) is 4.39 Å². The molecule has 1 aromatic rings. The molecule has 134 valence electrons. The van der Waals surface area contributed by atoms with E-state index >= 15 is 0 Å². The first kappa shape index (κ1) is 17.4. The number of carboxylic acids is 1. The Hall–Kier alpha value is -2.44. The van der Waals surface area contributed by atoms with Gasteiger partial charge < -0.3 is 14.9 Å². The minimum Gasteiger partial charge on any atom is -0.481 e. The number of benzene rings is 1. The number of likely N-dealkylation sites (tertiary alicyclic amines) is 2. The number of amides is 2. The summed E-state index contributed by atoms with van der Waals surface area (Å²) < 4.78 is 13.2. The van der Waals surface area contributed by atoms with Gasteiger partial charge in [0.25, 0.3) is 0 Å². The molecule has 1 aromatic carbocycles. The van der Waals surface area contributed by atoms with Gasteiger partial charge in [0.1, 0.15) is 5.82 Å². The first-order chi connectivity index (χ1) is 11.9. The molecule has 2 fully saturated rings. The van der Waals surface area contributed by atoms with Gasteiger partial charge in [0.15, 0.2) is 0 Å². The number of hydrogen-bond acceptors (Lipinski definition) is 3. The lowest BCUT2D eigenvalue weighted by Crippen LogP contribution is -2.44. The third kappa shape index (κ3) is 3.36. The number of nitrogens with zero attached hydrogens (tertiary/aromatic N) is 2. The van der Waals surface area contributed by atoms with Crippen LogP contribution in [0.15, 0.2) is 24.3 Å². The summed E-state index contributed by atoms with van der Waals surface area (Å²) in [5, 5.41) is 9.07. The van der Waals surface area contributed by atoms with Crippen LogP contribution in [0.5, 0.6) is 0 Å². The standard InChI is InChI=1S/C18H21FN2O4/c1-20-15(22)10-14(16(20)11-2-4-13(19)5-3-11)17(23)21-8-6-12(7-9-21)18(24)25/h2-5,12,14,16H,6-10H2,1H3,(H,24,25)/t14-,16+/m1/s1. The second kappa shape index (κ2) is 6.82. The molecule has 6 nitrogen and oxygen atoms in total. The van der Waals surface area contributed by atoms with Crippen LogP contribution in [0, 0.1) is 17.7 Å². The summed E-state index contributed by atoms with van der Waals surface area (Å²) >= 11 is 0. The van der Waals surface area contributed by atoms with E-state index in [2.05, 4.69) is 0 Å². The van der Waals surface area contributed by atoms with Crippen molar-refractivity contribution < 1.29 is 23.9 Å². The second-order valence-corrected chi connectivity index (χ2v) is 6.75. The van der Waals surface area contributed by atoms with Crippen molar-refractivity contribution in [2.75, 3.05) is 20.1 Å². The zero-order chi connectivity index (χ0) is 18.1. The average Bonchev–Trinajstić information content (AvgIpc) is 2.90. The summed E-state index contributed by atoms with van der Waals surface area (Å²) in [5.41, 5.74) is 0.730. The predicted molar refractivity (Wildman–Crippen MR) is 87.0 cm³/mol. The lowest BCUT2D eigenvalue weighted by molar-refractivity contribution is -0.147. The summed E-state index contributed by atoms with van der Waals surface area (Å²) in [7, 11) is 1.65. The molecule has 2 amide bonds. The zero-order valence-electron chi connectivity index (χ0n) is 14.0. The van der Waals surface area contributed by atoms with E-state index in [1.165, 1.54) is 12.1 Å². The molecular formula is C18H21FN2O4. The van der Waals surface area contributed by atoms with Gasteiger partial charge in [-0.3, -0.25) is 14.4 Å². The van der Waals surface area contributed by atoms with Crippen LogP contribution in [0.3, 0.4) is 0 Å². The summed E-state index contributed by atoms with van der Waals surface area (Å²) in [4.78, 5) is 39.4. The van der Waals surface area contributed by atoms with Gasteiger partial charge in [-0.05, 0) is 30.5 Å². The zero-order valence-corrected chi connectivity index (χ0v) is 14.0. The smallest absolute Gasteiger partial charge is 0.306 e. The molecule has 7 heteroatoms. The molecule has 2 aliphatic heterocycles. The molecule has 0 saturated carbocycles. The first-order valence-corrected chi connectivity index (χ1v) is 8.41. The third-order valence-corrected chi connectivity index (χ3v) is 5.27. The van der Waals surface area contributed by atoms with Crippen LogP contribution in [0.25, 0.3) is 0 Å². The van der Waals surface area contributed by atoms with Crippen molar-refractivity contribution in [1.29, 1.82) is 0 Å². The van der Waals surface area contributed by atoms with Crippen molar-refractivity contribution in [3.8, 4) is 0 Å². The maximum atomic E-state index is 13.2. The number of aliphatic carboxylic acids is 1. The highest BCUT2D eigenvalue weighted by Crippen LogP contribution is 2.38. The van der Waals surface area contributed by atoms with Gasteiger partial charge in [-0.1, -0.05) is 12.1 Å². The number of carbonyl (C=O) groups is 3. The number of rotatable bonds is 3. The lowest BCUT2D eigenvalue weighted by atomic mass is 9.90. The Balaban J connectivity index is 1.77. The van der Waals surface area contributed by atoms with Gasteiger partial charge in [-0.15, -0.1) is 0 Å². The van der Waals surface area contributed by atoms with Gasteiger partial charge in [-0.2, -0.15) is 0 Å². The van der Waals surface area contributed by atoms with Crippen molar-refractivity contribution in [1.82, 2.24) is 9.80 Å². The molecule has 0 aliphatic carbocycles. The summed E-state index contributed by atoms with van der Waals surface area (Å²) in [6, 6.07) is 5.44. The minimum atomic E-state index is -0.827. The van der Waals surface area contributed by atoms with Crippen molar-refractivity contribution in [3.05, 3.63) is 35.6 Å². The van der Waals surface area contributed by atoms with Crippen LogP contribution < -0.4 is 0 Å². The Morgan fingerprint density at radius 2 is 1.76 bits per heavy atom. The molecule has 2 aliphatic rings. The van der Waals surface area contributed by atoms with Gasteiger partial charge in [0, 0.05) is 26.6 Å². The van der Waals surface area contributed by atoms with Crippen LogP contribution in [0.2, 0.25) is 0 Å². The molecule has 25 heavy (non-hydrogen) atoms. The van der Waals surface area contributed by atoms with E-state index < -0.39 is 23.8 Å². The van der Waals surface area contributed by atoms with Crippen molar-refractivity contribution in [3.63, 3.8) is 0 Å². The normalized spacial score (nSPS) is 24.6. The Kier molecular flexibility index (Phi) is 4.74. The maximum Gasteiger partial charge on any atom is 0.306 e. The van der Waals surface area contributed by atoms with Crippen LogP contribution >= 0.6 is 0 Å². The van der Waals surface area contributed by atoms with Gasteiger partial charge in [0.05, 0.1) is 17.9 Å². The molecule has 3 rings (SSSR count). The van der Waals surface area contributed by atoms with Crippen LogP contribution in [-0.4, -0.2) is 52.8 Å². The number of hydrogen-bond donors (Lipinski definition) is 1. The molecule has 1 N–H and O–H groups in total. The minimum absolute atomic E-state index is 0.118. The fraction of sp³-hybridized carbons (Fsp3) is 0.500. The lowest BCUT2D eigenvalue weighted by Gasteiger charge is -2.34. The number of carbonyl (C=O) groups excluding carboxylic acids is 2. The highest BCUT2D eigenvalue weighted by atomic mass is 19.1. The predicted octanol–water partition coefficient (Wildman–Crippen LogP) is 1.67. The largest absolute Gasteiger partial charge is 0.481 e. The fourth-order valence-corrected chi connectivity index (χ4v) is 3.79. The van der Waals surface area contributed by atoms with E-state index in [4.69, 9.17) is 5.11 Å². The molecule has 2 heterocycles. The number of halogens is 1.